The Labute approximate surface area is 132 Å². The van der Waals surface area contributed by atoms with Crippen LogP contribution in [0.25, 0.3) is 0 Å². The SMILES string of the molecule is C=O.CC(C)(C)OC(=O)N1CCN(Cc2ccccc2)CC1. The van der Waals surface area contributed by atoms with E-state index in [1.165, 1.54) is 5.56 Å². The van der Waals surface area contributed by atoms with Gasteiger partial charge in [-0.3, -0.25) is 4.90 Å². The van der Waals surface area contributed by atoms with Gasteiger partial charge in [0, 0.05) is 32.7 Å². The van der Waals surface area contributed by atoms with E-state index in [0.717, 1.165) is 32.7 Å². The topological polar surface area (TPSA) is 49.9 Å². The van der Waals surface area contributed by atoms with Crippen LogP contribution in [0.15, 0.2) is 30.3 Å². The highest BCUT2D eigenvalue weighted by atomic mass is 16.6. The van der Waals surface area contributed by atoms with Crippen LogP contribution in [0.1, 0.15) is 26.3 Å². The first kappa shape index (κ1) is 18.2. The number of carbonyl (C=O) groups excluding carboxylic acids is 2. The van der Waals surface area contributed by atoms with Crippen LogP contribution in [0.4, 0.5) is 4.79 Å². The van der Waals surface area contributed by atoms with Crippen molar-refractivity contribution in [3.05, 3.63) is 35.9 Å². The summed E-state index contributed by atoms with van der Waals surface area (Å²) in [5.41, 5.74) is 0.899. The molecule has 1 aromatic carbocycles. The first-order valence-electron chi connectivity index (χ1n) is 7.47. The predicted octanol–water partition coefficient (Wildman–Crippen LogP) is 2.55. The van der Waals surface area contributed by atoms with E-state index in [9.17, 15) is 4.79 Å². The van der Waals surface area contributed by atoms with Gasteiger partial charge < -0.3 is 14.4 Å². The van der Waals surface area contributed by atoms with Gasteiger partial charge in [-0.05, 0) is 26.3 Å². The number of carbonyl (C=O) groups is 2. The largest absolute Gasteiger partial charge is 0.444 e. The molecule has 1 aliphatic rings. The Bertz CT molecular complexity index is 449. The quantitative estimate of drug-likeness (QED) is 0.842. The second-order valence-electron chi connectivity index (χ2n) is 6.23. The maximum Gasteiger partial charge on any atom is 0.410 e. The summed E-state index contributed by atoms with van der Waals surface area (Å²) in [7, 11) is 0. The fourth-order valence-corrected chi connectivity index (χ4v) is 2.26. The van der Waals surface area contributed by atoms with Crippen LogP contribution in [-0.2, 0) is 16.1 Å². The number of benzene rings is 1. The number of hydrogen-bond acceptors (Lipinski definition) is 4. The second-order valence-corrected chi connectivity index (χ2v) is 6.23. The highest BCUT2D eigenvalue weighted by molar-refractivity contribution is 5.68. The maximum atomic E-state index is 12.0. The van der Waals surface area contributed by atoms with E-state index in [4.69, 9.17) is 9.53 Å². The third-order valence-electron chi connectivity index (χ3n) is 3.27. The van der Waals surface area contributed by atoms with Crippen molar-refractivity contribution in [1.82, 2.24) is 9.80 Å². The molecule has 1 heterocycles. The number of rotatable bonds is 2. The van der Waals surface area contributed by atoms with Crippen molar-refractivity contribution in [2.45, 2.75) is 32.9 Å². The average Bonchev–Trinajstić information content (AvgIpc) is 2.49. The lowest BCUT2D eigenvalue weighted by molar-refractivity contribution is -0.0980. The highest BCUT2D eigenvalue weighted by Crippen LogP contribution is 2.13. The Morgan fingerprint density at radius 3 is 2.14 bits per heavy atom. The number of amides is 1. The monoisotopic (exact) mass is 306 g/mol. The van der Waals surface area contributed by atoms with Crippen LogP contribution in [0.5, 0.6) is 0 Å². The van der Waals surface area contributed by atoms with E-state index in [2.05, 4.69) is 29.2 Å². The van der Waals surface area contributed by atoms with Crippen molar-refractivity contribution in [3.63, 3.8) is 0 Å². The molecule has 0 radical (unpaired) electrons. The summed E-state index contributed by atoms with van der Waals surface area (Å²) in [4.78, 5) is 24.1. The Hall–Kier alpha value is -1.88. The standard InChI is InChI=1S/C16H24N2O2.CH2O/c1-16(2,3)20-15(19)18-11-9-17(10-12-18)13-14-7-5-4-6-8-14;1-2/h4-8H,9-13H2,1-3H3;1H2. The molecule has 0 N–H and O–H groups in total. The lowest BCUT2D eigenvalue weighted by Crippen LogP contribution is -2.49. The minimum atomic E-state index is -0.418. The number of piperazine rings is 1. The average molecular weight is 306 g/mol. The van der Waals surface area contributed by atoms with E-state index in [-0.39, 0.29) is 6.09 Å². The molecule has 2 rings (SSSR count). The fourth-order valence-electron chi connectivity index (χ4n) is 2.26. The van der Waals surface area contributed by atoms with E-state index < -0.39 is 5.60 Å². The minimum absolute atomic E-state index is 0.197. The fraction of sp³-hybridized carbons (Fsp3) is 0.529. The molecule has 0 atom stereocenters. The first-order valence-corrected chi connectivity index (χ1v) is 7.47. The smallest absolute Gasteiger partial charge is 0.410 e. The molecule has 0 saturated carbocycles. The van der Waals surface area contributed by atoms with E-state index in [1.54, 1.807) is 4.90 Å². The molecule has 5 nitrogen and oxygen atoms in total. The molecule has 22 heavy (non-hydrogen) atoms. The number of hydrogen-bond donors (Lipinski definition) is 0. The molecule has 0 aliphatic carbocycles. The Morgan fingerprint density at radius 1 is 1.09 bits per heavy atom. The summed E-state index contributed by atoms with van der Waals surface area (Å²) >= 11 is 0. The lowest BCUT2D eigenvalue weighted by atomic mass is 10.2. The molecule has 1 aliphatic heterocycles. The van der Waals surface area contributed by atoms with Crippen molar-refractivity contribution in [2.24, 2.45) is 0 Å². The van der Waals surface area contributed by atoms with Gasteiger partial charge in [-0.25, -0.2) is 4.79 Å². The van der Waals surface area contributed by atoms with Gasteiger partial charge in [0.2, 0.25) is 0 Å². The summed E-state index contributed by atoms with van der Waals surface area (Å²) in [6.07, 6.45) is -0.197. The van der Waals surface area contributed by atoms with Gasteiger partial charge in [0.1, 0.15) is 12.4 Å². The minimum Gasteiger partial charge on any atom is -0.444 e. The molecule has 1 fully saturated rings. The zero-order chi connectivity index (χ0) is 16.6. The van der Waals surface area contributed by atoms with Crippen LogP contribution in [0.3, 0.4) is 0 Å². The van der Waals surface area contributed by atoms with Gasteiger partial charge in [0.05, 0.1) is 0 Å². The van der Waals surface area contributed by atoms with Gasteiger partial charge in [-0.1, -0.05) is 30.3 Å². The van der Waals surface area contributed by atoms with Gasteiger partial charge in [0.15, 0.2) is 0 Å². The first-order chi connectivity index (χ1) is 10.4. The van der Waals surface area contributed by atoms with E-state index in [0.29, 0.717) is 0 Å². The third kappa shape index (κ3) is 6.26. The van der Waals surface area contributed by atoms with Crippen LogP contribution in [0.2, 0.25) is 0 Å². The van der Waals surface area contributed by atoms with Gasteiger partial charge >= 0.3 is 6.09 Å². The van der Waals surface area contributed by atoms with Crippen LogP contribution in [-0.4, -0.2) is 54.5 Å². The van der Waals surface area contributed by atoms with Gasteiger partial charge in [-0.2, -0.15) is 0 Å². The Morgan fingerprint density at radius 2 is 1.64 bits per heavy atom. The molecule has 5 heteroatoms. The van der Waals surface area contributed by atoms with Crippen molar-refractivity contribution < 1.29 is 14.3 Å². The number of ether oxygens (including phenoxy) is 1. The van der Waals surface area contributed by atoms with Crippen LogP contribution < -0.4 is 0 Å². The molecule has 1 amide bonds. The molecule has 0 spiro atoms. The highest BCUT2D eigenvalue weighted by Gasteiger charge is 2.25. The predicted molar refractivity (Wildman–Crippen MR) is 86.6 cm³/mol. The third-order valence-corrected chi connectivity index (χ3v) is 3.27. The zero-order valence-corrected chi connectivity index (χ0v) is 13.7. The van der Waals surface area contributed by atoms with Crippen molar-refractivity contribution in [3.8, 4) is 0 Å². The molecule has 1 saturated heterocycles. The van der Waals surface area contributed by atoms with Crippen molar-refractivity contribution in [1.29, 1.82) is 0 Å². The van der Waals surface area contributed by atoms with E-state index >= 15 is 0 Å². The van der Waals surface area contributed by atoms with Crippen molar-refractivity contribution >= 4 is 12.9 Å². The molecular weight excluding hydrogens is 280 g/mol. The lowest BCUT2D eigenvalue weighted by Gasteiger charge is -2.35. The van der Waals surface area contributed by atoms with Gasteiger partial charge in [-0.15, -0.1) is 0 Å². The second kappa shape index (κ2) is 8.54. The number of nitrogens with zero attached hydrogens (tertiary/aromatic N) is 2. The molecule has 0 aromatic heterocycles. The Balaban J connectivity index is 0.00000116. The summed E-state index contributed by atoms with van der Waals surface area (Å²) in [5, 5.41) is 0. The molecule has 122 valence electrons. The summed E-state index contributed by atoms with van der Waals surface area (Å²) in [6.45, 7) is 11.9. The molecular formula is C17H26N2O3. The summed E-state index contributed by atoms with van der Waals surface area (Å²) in [5.74, 6) is 0. The van der Waals surface area contributed by atoms with E-state index in [1.807, 2.05) is 33.6 Å². The maximum absolute atomic E-state index is 12.0. The normalized spacial score (nSPS) is 15.7. The van der Waals surface area contributed by atoms with Crippen LogP contribution in [0, 0.1) is 0 Å². The Kier molecular flexibility index (Phi) is 7.05. The van der Waals surface area contributed by atoms with Crippen LogP contribution >= 0.6 is 0 Å². The molecule has 1 aromatic rings. The summed E-state index contributed by atoms with van der Waals surface area (Å²) < 4.78 is 5.40. The molecule has 0 unspecified atom stereocenters. The van der Waals surface area contributed by atoms with Crippen molar-refractivity contribution in [2.75, 3.05) is 26.2 Å². The van der Waals surface area contributed by atoms with Gasteiger partial charge in [0.25, 0.3) is 0 Å². The molecule has 0 bridgehead atoms. The zero-order valence-electron chi connectivity index (χ0n) is 13.7. The summed E-state index contributed by atoms with van der Waals surface area (Å²) in [6, 6.07) is 10.4.